The van der Waals surface area contributed by atoms with Crippen molar-refractivity contribution in [1.29, 1.82) is 0 Å². The number of carbonyl (C=O) groups excluding carboxylic acids is 2. The van der Waals surface area contributed by atoms with E-state index in [0.29, 0.717) is 16.4 Å². The maximum absolute atomic E-state index is 13.4. The van der Waals surface area contributed by atoms with Crippen molar-refractivity contribution in [3.63, 3.8) is 0 Å². The van der Waals surface area contributed by atoms with Crippen LogP contribution in [-0.2, 0) is 14.3 Å². The number of nitrogens with zero attached hydrogens (tertiary/aromatic N) is 1. The molecule has 2 aromatic rings. The molecule has 2 N–H and O–H groups in total. The van der Waals surface area contributed by atoms with E-state index >= 15 is 0 Å². The van der Waals surface area contributed by atoms with Crippen LogP contribution in [0.25, 0.3) is 0 Å². The topological polar surface area (TPSA) is 72.6 Å². The number of β-lactam (4-membered cyclic amide) rings is 1. The van der Waals surface area contributed by atoms with Crippen molar-refractivity contribution in [2.45, 2.75) is 24.4 Å². The number of hydrogen-bond acceptors (Lipinski definition) is 5. The predicted molar refractivity (Wildman–Crippen MR) is 126 cm³/mol. The van der Waals surface area contributed by atoms with Gasteiger partial charge in [0.25, 0.3) is 0 Å². The number of hydrogen-bond donors (Lipinski definition) is 1. The fraction of sp³-hybridized carbons (Fsp3) is 0.217. The zero-order valence-corrected chi connectivity index (χ0v) is 19.1. The summed E-state index contributed by atoms with van der Waals surface area (Å²) in [6.07, 6.45) is 1.09. The second-order valence-electron chi connectivity index (χ2n) is 7.01. The Morgan fingerprint density at radius 2 is 1.71 bits per heavy atom. The predicted octanol–water partition coefficient (Wildman–Crippen LogP) is 4.38. The highest BCUT2D eigenvalue weighted by Crippen LogP contribution is 2.43. The van der Waals surface area contributed by atoms with Crippen LogP contribution in [0.5, 0.6) is 0 Å². The van der Waals surface area contributed by atoms with Gasteiger partial charge in [0, 0.05) is 16.4 Å². The molecule has 4 rings (SSSR count). The van der Waals surface area contributed by atoms with Crippen LogP contribution in [-0.4, -0.2) is 33.9 Å². The molecule has 0 bridgehead atoms. The summed E-state index contributed by atoms with van der Waals surface area (Å²) in [5.74, 6) is -0.404. The number of fused-ring (bicyclic) bond motifs is 1. The molecule has 8 heteroatoms. The summed E-state index contributed by atoms with van der Waals surface area (Å²) in [6.45, 7) is 1.79. The number of allylic oxidation sites excluding steroid dienone is 2. The number of rotatable bonds is 5. The lowest BCUT2D eigenvalue weighted by molar-refractivity contribution is -0.153. The van der Waals surface area contributed by atoms with Crippen molar-refractivity contribution in [1.82, 2.24) is 4.90 Å². The maximum atomic E-state index is 13.4. The van der Waals surface area contributed by atoms with Gasteiger partial charge < -0.3 is 10.5 Å². The summed E-state index contributed by atoms with van der Waals surface area (Å²) in [7, 11) is 0. The van der Waals surface area contributed by atoms with Crippen molar-refractivity contribution in [3.05, 3.63) is 94.2 Å². The molecule has 2 aromatic carbocycles. The summed E-state index contributed by atoms with van der Waals surface area (Å²) >= 11 is 7.89. The van der Waals surface area contributed by atoms with Crippen molar-refractivity contribution in [2.75, 3.05) is 5.75 Å². The van der Waals surface area contributed by atoms with Gasteiger partial charge in [0.05, 0.1) is 0 Å². The van der Waals surface area contributed by atoms with Gasteiger partial charge in [0.15, 0.2) is 6.10 Å². The standard InChI is InChI=1S/C23H21ClN2O3S.ClH/c1-2-17(24)16-13-30-22-18(25)21(27)26(22)19(16)23(28)29-20(14-9-5-3-6-10-14)15-11-7-4-8-12-15;/h2-12,18,20,22H,13,25H2,1H3;1H/b17-2-;. The Bertz CT molecular complexity index is 988. The lowest BCUT2D eigenvalue weighted by atomic mass is 10.0. The smallest absolute Gasteiger partial charge is 0.356 e. The van der Waals surface area contributed by atoms with E-state index in [0.717, 1.165) is 11.1 Å². The first-order valence-electron chi connectivity index (χ1n) is 9.59. The number of carbonyl (C=O) groups is 2. The van der Waals surface area contributed by atoms with Crippen molar-refractivity contribution in [3.8, 4) is 0 Å². The number of halogens is 2. The SMILES string of the molecule is C/C=C(\Cl)C1=C(C(=O)OC(c2ccccc2)c2ccccc2)N2C(=O)C(N)C2SC1.Cl. The number of ether oxygens (including phenoxy) is 1. The van der Waals surface area contributed by atoms with Gasteiger partial charge in [-0.15, -0.1) is 24.2 Å². The highest BCUT2D eigenvalue weighted by Gasteiger charge is 2.52. The Morgan fingerprint density at radius 1 is 1.16 bits per heavy atom. The molecule has 2 aliphatic heterocycles. The monoisotopic (exact) mass is 476 g/mol. The van der Waals surface area contributed by atoms with Crippen LogP contribution in [0, 0.1) is 0 Å². The molecule has 1 amide bonds. The van der Waals surface area contributed by atoms with Crippen LogP contribution in [0.2, 0.25) is 0 Å². The summed E-state index contributed by atoms with van der Waals surface area (Å²) in [4.78, 5) is 27.3. The van der Waals surface area contributed by atoms with Gasteiger partial charge in [-0.05, 0) is 18.1 Å². The van der Waals surface area contributed by atoms with Crippen molar-refractivity contribution >= 4 is 47.6 Å². The lowest BCUT2D eigenvalue weighted by Crippen LogP contribution is -2.68. The quantitative estimate of drug-likeness (QED) is 0.511. The Balaban J connectivity index is 0.00000272. The molecule has 0 aliphatic carbocycles. The molecule has 0 spiro atoms. The fourth-order valence-electron chi connectivity index (χ4n) is 3.61. The molecule has 31 heavy (non-hydrogen) atoms. The van der Waals surface area contributed by atoms with Gasteiger partial charge in [0.1, 0.15) is 17.1 Å². The summed E-state index contributed by atoms with van der Waals surface area (Å²) < 4.78 is 6.00. The number of esters is 1. The summed E-state index contributed by atoms with van der Waals surface area (Å²) in [5.41, 5.74) is 8.39. The Hall–Kier alpha value is -2.25. The van der Waals surface area contributed by atoms with E-state index in [2.05, 4.69) is 0 Å². The molecule has 162 valence electrons. The van der Waals surface area contributed by atoms with Crippen LogP contribution < -0.4 is 5.73 Å². The van der Waals surface area contributed by atoms with E-state index in [9.17, 15) is 9.59 Å². The third-order valence-electron chi connectivity index (χ3n) is 5.17. The van der Waals surface area contributed by atoms with E-state index in [-0.39, 0.29) is 29.4 Å². The third-order valence-corrected chi connectivity index (χ3v) is 6.92. The number of benzene rings is 2. The second-order valence-corrected chi connectivity index (χ2v) is 8.52. The van der Waals surface area contributed by atoms with Crippen molar-refractivity contribution in [2.24, 2.45) is 5.73 Å². The lowest BCUT2D eigenvalue weighted by Gasteiger charge is -2.48. The number of nitrogens with two attached hydrogens (primary N) is 1. The highest BCUT2D eigenvalue weighted by molar-refractivity contribution is 8.00. The normalized spacial score (nSPS) is 20.7. The molecule has 2 unspecified atom stereocenters. The fourth-order valence-corrected chi connectivity index (χ4v) is 5.16. The Kier molecular flexibility index (Phi) is 7.49. The van der Waals surface area contributed by atoms with Gasteiger partial charge in [-0.2, -0.15) is 0 Å². The van der Waals surface area contributed by atoms with Crippen LogP contribution in [0.4, 0.5) is 0 Å². The van der Waals surface area contributed by atoms with Gasteiger partial charge in [-0.1, -0.05) is 78.3 Å². The largest absolute Gasteiger partial charge is 0.448 e. The molecular weight excluding hydrogens is 455 g/mol. The van der Waals surface area contributed by atoms with E-state index < -0.39 is 18.1 Å². The second kappa shape index (κ2) is 9.92. The van der Waals surface area contributed by atoms with Crippen LogP contribution in [0.15, 0.2) is 83.0 Å². The molecule has 5 nitrogen and oxygen atoms in total. The minimum absolute atomic E-state index is 0. The van der Waals surface area contributed by atoms with Crippen molar-refractivity contribution < 1.29 is 14.3 Å². The van der Waals surface area contributed by atoms with Gasteiger partial charge in [0.2, 0.25) is 5.91 Å². The first-order chi connectivity index (χ1) is 14.5. The first kappa shape index (κ1) is 23.4. The molecule has 0 aromatic heterocycles. The molecule has 2 aliphatic rings. The van der Waals surface area contributed by atoms with E-state index in [1.165, 1.54) is 16.7 Å². The average molecular weight is 477 g/mol. The van der Waals surface area contributed by atoms with E-state index in [1.807, 2.05) is 60.7 Å². The summed E-state index contributed by atoms with van der Waals surface area (Å²) in [5, 5.41) is 0.147. The molecule has 1 fully saturated rings. The number of thioether (sulfide) groups is 1. The number of amides is 1. The summed E-state index contributed by atoms with van der Waals surface area (Å²) in [6, 6.07) is 18.4. The van der Waals surface area contributed by atoms with Crippen LogP contribution >= 0.6 is 35.8 Å². The minimum atomic E-state index is -0.622. The Labute approximate surface area is 196 Å². The van der Waals surface area contributed by atoms with Crippen LogP contribution in [0.3, 0.4) is 0 Å². The van der Waals surface area contributed by atoms with Gasteiger partial charge in [-0.3, -0.25) is 9.69 Å². The molecule has 2 heterocycles. The first-order valence-corrected chi connectivity index (χ1v) is 11.0. The Morgan fingerprint density at radius 3 is 2.23 bits per heavy atom. The average Bonchev–Trinajstić information content (AvgIpc) is 2.81. The third kappa shape index (κ3) is 4.39. The molecule has 2 atom stereocenters. The van der Waals surface area contributed by atoms with Gasteiger partial charge in [-0.25, -0.2) is 4.79 Å². The van der Waals surface area contributed by atoms with Crippen LogP contribution in [0.1, 0.15) is 24.2 Å². The molecular formula is C23H22Cl2N2O3S. The van der Waals surface area contributed by atoms with E-state index in [1.54, 1.807) is 13.0 Å². The van der Waals surface area contributed by atoms with E-state index in [4.69, 9.17) is 22.1 Å². The zero-order valence-electron chi connectivity index (χ0n) is 16.7. The zero-order chi connectivity index (χ0) is 21.3. The molecule has 0 radical (unpaired) electrons. The maximum Gasteiger partial charge on any atom is 0.356 e. The minimum Gasteiger partial charge on any atom is -0.448 e. The van der Waals surface area contributed by atoms with Gasteiger partial charge >= 0.3 is 5.97 Å². The molecule has 0 saturated carbocycles. The molecule has 1 saturated heterocycles. The highest BCUT2D eigenvalue weighted by atomic mass is 35.5.